The normalized spacial score (nSPS) is 10.7. The Kier molecular flexibility index (Phi) is 4.82. The smallest absolute Gasteiger partial charge is 0.266 e. The lowest BCUT2D eigenvalue weighted by atomic mass is 10.0. The highest BCUT2D eigenvalue weighted by Gasteiger charge is 2.11. The molecule has 2 aromatic carbocycles. The van der Waals surface area contributed by atoms with Crippen molar-refractivity contribution in [1.29, 1.82) is 5.26 Å². The summed E-state index contributed by atoms with van der Waals surface area (Å²) >= 11 is 3.35. The van der Waals surface area contributed by atoms with Crippen LogP contribution in [0.4, 0.5) is 0 Å². The van der Waals surface area contributed by atoms with Crippen molar-refractivity contribution >= 4 is 28.1 Å². The third kappa shape index (κ3) is 3.70. The Balaban J connectivity index is 2.13. The summed E-state index contributed by atoms with van der Waals surface area (Å²) < 4.78 is 0.770. The zero-order chi connectivity index (χ0) is 17.8. The monoisotopic (exact) mass is 392 g/mol. The summed E-state index contributed by atoms with van der Waals surface area (Å²) in [5.41, 5.74) is 1.90. The van der Waals surface area contributed by atoms with Gasteiger partial charge in [0.1, 0.15) is 17.4 Å². The van der Waals surface area contributed by atoms with E-state index in [0.717, 1.165) is 10.0 Å². The van der Waals surface area contributed by atoms with Crippen LogP contribution >= 0.6 is 15.9 Å². The van der Waals surface area contributed by atoms with Crippen LogP contribution in [0.5, 0.6) is 5.75 Å². The van der Waals surface area contributed by atoms with Crippen LogP contribution in [-0.4, -0.2) is 10.1 Å². The number of hydrogen-bond donors (Lipinski definition) is 2. The molecule has 0 atom stereocenters. The summed E-state index contributed by atoms with van der Waals surface area (Å²) in [4.78, 5) is 14.9. The summed E-state index contributed by atoms with van der Waals surface area (Å²) in [6.07, 6.45) is 3.56. The van der Waals surface area contributed by atoms with Crippen LogP contribution < -0.4 is 5.56 Å². The minimum Gasteiger partial charge on any atom is -0.507 e. The van der Waals surface area contributed by atoms with Crippen LogP contribution in [0, 0.1) is 11.3 Å². The lowest BCUT2D eigenvalue weighted by molar-refractivity contribution is 0.477. The fourth-order valence-corrected chi connectivity index (χ4v) is 2.81. The molecular weight excluding hydrogens is 380 g/mol. The lowest BCUT2D eigenvalue weighted by Gasteiger charge is -2.07. The number of nitrogens with zero attached hydrogens (tertiary/aromatic N) is 1. The van der Waals surface area contributed by atoms with E-state index < -0.39 is 5.56 Å². The zero-order valence-corrected chi connectivity index (χ0v) is 14.6. The summed E-state index contributed by atoms with van der Waals surface area (Å²) in [5.74, 6) is 0.0431. The maximum absolute atomic E-state index is 12.3. The third-order valence-corrected chi connectivity index (χ3v) is 4.17. The predicted octanol–water partition coefficient (Wildman–Crippen LogP) is 4.55. The first-order chi connectivity index (χ1) is 12.1. The number of halogens is 1. The summed E-state index contributed by atoms with van der Waals surface area (Å²) in [6, 6.07) is 18.2. The van der Waals surface area contributed by atoms with Gasteiger partial charge in [0, 0.05) is 10.0 Å². The molecule has 5 heteroatoms. The summed E-state index contributed by atoms with van der Waals surface area (Å²) in [7, 11) is 0. The Morgan fingerprint density at radius 2 is 1.84 bits per heavy atom. The molecule has 122 valence electrons. The Labute approximate surface area is 152 Å². The molecule has 4 nitrogen and oxygen atoms in total. The van der Waals surface area contributed by atoms with Gasteiger partial charge in [0.2, 0.25) is 0 Å². The molecule has 0 fully saturated rings. The molecular formula is C20H13BrN2O2. The van der Waals surface area contributed by atoms with E-state index in [1.807, 2.05) is 42.5 Å². The Morgan fingerprint density at radius 1 is 1.08 bits per heavy atom. The van der Waals surface area contributed by atoms with E-state index in [4.69, 9.17) is 0 Å². The Hall–Kier alpha value is -3.10. The standard InChI is InChI=1S/C20H13BrN2O2/c21-15-8-9-19(24)16(11-15)18-10-14(17(12-22)20(25)23-18)7-6-13-4-2-1-3-5-13/h1-11,24H,(H,23,25). The van der Waals surface area contributed by atoms with E-state index in [0.29, 0.717) is 16.8 Å². The number of aromatic amines is 1. The third-order valence-electron chi connectivity index (χ3n) is 3.68. The molecule has 3 aromatic rings. The van der Waals surface area contributed by atoms with Crippen molar-refractivity contribution < 1.29 is 5.11 Å². The van der Waals surface area contributed by atoms with Crippen LogP contribution in [0.2, 0.25) is 0 Å². The van der Waals surface area contributed by atoms with Gasteiger partial charge in [0.15, 0.2) is 0 Å². The molecule has 0 aliphatic rings. The average molecular weight is 393 g/mol. The van der Waals surface area contributed by atoms with Crippen LogP contribution in [0.25, 0.3) is 23.4 Å². The molecule has 0 amide bonds. The first-order valence-electron chi connectivity index (χ1n) is 7.48. The van der Waals surface area contributed by atoms with Crippen molar-refractivity contribution in [2.75, 3.05) is 0 Å². The second-order valence-electron chi connectivity index (χ2n) is 5.36. The van der Waals surface area contributed by atoms with Gasteiger partial charge in [-0.1, -0.05) is 58.4 Å². The van der Waals surface area contributed by atoms with E-state index in [9.17, 15) is 15.2 Å². The van der Waals surface area contributed by atoms with Crippen molar-refractivity contribution in [3.8, 4) is 23.1 Å². The van der Waals surface area contributed by atoms with Crippen LogP contribution in [0.15, 0.2) is 63.9 Å². The van der Waals surface area contributed by atoms with Gasteiger partial charge >= 0.3 is 0 Å². The van der Waals surface area contributed by atoms with E-state index in [-0.39, 0.29) is 11.3 Å². The Morgan fingerprint density at radius 3 is 2.56 bits per heavy atom. The highest BCUT2D eigenvalue weighted by Crippen LogP contribution is 2.31. The number of phenolic OH excluding ortho intramolecular Hbond substituents is 1. The molecule has 0 aliphatic carbocycles. The number of nitriles is 1. The minimum atomic E-state index is -0.493. The second kappa shape index (κ2) is 7.20. The van der Waals surface area contributed by atoms with Gasteiger partial charge in [-0.15, -0.1) is 0 Å². The molecule has 0 saturated heterocycles. The highest BCUT2D eigenvalue weighted by atomic mass is 79.9. The van der Waals surface area contributed by atoms with Gasteiger partial charge < -0.3 is 10.1 Å². The number of H-pyrrole nitrogens is 1. The lowest BCUT2D eigenvalue weighted by Crippen LogP contribution is -2.12. The number of nitrogens with one attached hydrogen (secondary N) is 1. The number of hydrogen-bond acceptors (Lipinski definition) is 3. The van der Waals surface area contributed by atoms with Crippen molar-refractivity contribution in [2.24, 2.45) is 0 Å². The predicted molar refractivity (Wildman–Crippen MR) is 102 cm³/mol. The SMILES string of the molecule is N#Cc1c(C=Cc2ccccc2)cc(-c2cc(Br)ccc2O)[nH]c1=O. The molecule has 3 rings (SSSR count). The maximum atomic E-state index is 12.3. The van der Waals surface area contributed by atoms with E-state index >= 15 is 0 Å². The van der Waals surface area contributed by atoms with E-state index in [2.05, 4.69) is 20.9 Å². The number of benzene rings is 2. The molecule has 1 heterocycles. The van der Waals surface area contributed by atoms with Gasteiger partial charge in [0.05, 0.1) is 5.69 Å². The molecule has 0 radical (unpaired) electrons. The quantitative estimate of drug-likeness (QED) is 0.685. The van der Waals surface area contributed by atoms with E-state index in [1.54, 1.807) is 24.3 Å². The molecule has 0 saturated carbocycles. The topological polar surface area (TPSA) is 76.9 Å². The molecule has 0 unspecified atom stereocenters. The Bertz CT molecular complexity index is 1050. The number of aromatic nitrogens is 1. The molecule has 1 aromatic heterocycles. The largest absolute Gasteiger partial charge is 0.507 e. The average Bonchev–Trinajstić information content (AvgIpc) is 2.62. The van der Waals surface area contributed by atoms with Crippen LogP contribution in [0.3, 0.4) is 0 Å². The van der Waals surface area contributed by atoms with Gasteiger partial charge in [0.25, 0.3) is 5.56 Å². The molecule has 0 bridgehead atoms. The van der Waals surface area contributed by atoms with Crippen LogP contribution in [0.1, 0.15) is 16.7 Å². The van der Waals surface area contributed by atoms with Gasteiger partial charge in [-0.2, -0.15) is 5.26 Å². The molecule has 2 N–H and O–H groups in total. The fourth-order valence-electron chi connectivity index (χ4n) is 2.45. The van der Waals surface area contributed by atoms with Crippen molar-refractivity contribution in [2.45, 2.75) is 0 Å². The number of pyridine rings is 1. The summed E-state index contributed by atoms with van der Waals surface area (Å²) in [5, 5.41) is 19.4. The van der Waals surface area contributed by atoms with E-state index in [1.165, 1.54) is 6.07 Å². The first-order valence-corrected chi connectivity index (χ1v) is 8.27. The fraction of sp³-hybridized carbons (Fsp3) is 0. The maximum Gasteiger partial charge on any atom is 0.266 e. The molecule has 0 aliphatic heterocycles. The highest BCUT2D eigenvalue weighted by molar-refractivity contribution is 9.10. The van der Waals surface area contributed by atoms with Gasteiger partial charge in [-0.05, 0) is 35.4 Å². The molecule has 25 heavy (non-hydrogen) atoms. The first kappa shape index (κ1) is 16.7. The number of aromatic hydroxyl groups is 1. The number of phenols is 1. The molecule has 0 spiro atoms. The minimum absolute atomic E-state index is 0.0328. The van der Waals surface area contributed by atoms with Crippen molar-refractivity contribution in [3.05, 3.63) is 86.1 Å². The zero-order valence-electron chi connectivity index (χ0n) is 13.0. The van der Waals surface area contributed by atoms with Gasteiger partial charge in [-0.3, -0.25) is 4.79 Å². The van der Waals surface area contributed by atoms with Crippen molar-refractivity contribution in [3.63, 3.8) is 0 Å². The van der Waals surface area contributed by atoms with Gasteiger partial charge in [-0.25, -0.2) is 0 Å². The van der Waals surface area contributed by atoms with Crippen LogP contribution in [-0.2, 0) is 0 Å². The number of rotatable bonds is 3. The summed E-state index contributed by atoms with van der Waals surface area (Å²) in [6.45, 7) is 0. The van der Waals surface area contributed by atoms with Crippen molar-refractivity contribution in [1.82, 2.24) is 4.98 Å². The second-order valence-corrected chi connectivity index (χ2v) is 6.28.